The van der Waals surface area contributed by atoms with Gasteiger partial charge in [0.05, 0.1) is 13.7 Å². The third-order valence-electron chi connectivity index (χ3n) is 4.21. The zero-order chi connectivity index (χ0) is 22.1. The first kappa shape index (κ1) is 23.0. The molecule has 1 heterocycles. The maximum atomic E-state index is 12.4. The van der Waals surface area contributed by atoms with E-state index in [1.54, 1.807) is 7.11 Å². The highest BCUT2D eigenvalue weighted by Crippen LogP contribution is 2.17. The van der Waals surface area contributed by atoms with Crippen LogP contribution in [-0.2, 0) is 6.54 Å². The first-order chi connectivity index (χ1) is 14.3. The molecule has 1 aromatic heterocycles. The number of nitrogens with zero attached hydrogens (tertiary/aromatic N) is 3. The van der Waals surface area contributed by atoms with E-state index < -0.39 is 5.91 Å². The van der Waals surface area contributed by atoms with E-state index in [9.17, 15) is 4.79 Å². The summed E-state index contributed by atoms with van der Waals surface area (Å²) in [5.74, 6) is 0.444. The fourth-order valence-electron chi connectivity index (χ4n) is 2.64. The van der Waals surface area contributed by atoms with E-state index in [0.29, 0.717) is 6.54 Å². The molecule has 0 aliphatic carbocycles. The third-order valence-corrected chi connectivity index (χ3v) is 4.49. The molecule has 30 heavy (non-hydrogen) atoms. The molecule has 0 fully saturated rings. The van der Waals surface area contributed by atoms with Crippen molar-refractivity contribution in [2.45, 2.75) is 32.4 Å². The molecule has 0 saturated carbocycles. The quantitative estimate of drug-likeness (QED) is 0.291. The Balaban J connectivity index is 1.94. The Morgan fingerprint density at radius 1 is 1.23 bits per heavy atom. The third kappa shape index (κ3) is 6.66. The summed E-state index contributed by atoms with van der Waals surface area (Å²) >= 11 is 5.83. The van der Waals surface area contributed by atoms with Crippen LogP contribution in [0.2, 0.25) is 5.15 Å². The van der Waals surface area contributed by atoms with Crippen molar-refractivity contribution in [2.24, 2.45) is 10.7 Å². The lowest BCUT2D eigenvalue weighted by molar-refractivity contribution is 0.0945. The van der Waals surface area contributed by atoms with Crippen LogP contribution in [0.1, 0.15) is 35.8 Å². The van der Waals surface area contributed by atoms with Crippen LogP contribution in [0.5, 0.6) is 5.75 Å². The zero-order valence-corrected chi connectivity index (χ0v) is 17.7. The molecule has 0 radical (unpaired) electrons. The Bertz CT molecular complexity index is 889. The van der Waals surface area contributed by atoms with Gasteiger partial charge in [-0.3, -0.25) is 4.79 Å². The second-order valence-corrected chi connectivity index (χ2v) is 6.88. The highest BCUT2D eigenvalue weighted by molar-refractivity contribution is 6.31. The number of nitrogens with one attached hydrogen (secondary N) is 2. The van der Waals surface area contributed by atoms with E-state index in [2.05, 4.69) is 25.6 Å². The Morgan fingerprint density at radius 3 is 2.57 bits per heavy atom. The number of nitrogen functional groups attached to an aromatic ring is 2. The van der Waals surface area contributed by atoms with E-state index in [-0.39, 0.29) is 41.0 Å². The summed E-state index contributed by atoms with van der Waals surface area (Å²) < 4.78 is 5.14. The predicted octanol–water partition coefficient (Wildman–Crippen LogP) is 1.31. The van der Waals surface area contributed by atoms with Crippen LogP contribution in [0.4, 0.5) is 11.6 Å². The van der Waals surface area contributed by atoms with E-state index >= 15 is 0 Å². The Hall–Kier alpha value is -3.27. The van der Waals surface area contributed by atoms with Gasteiger partial charge in [-0.2, -0.15) is 0 Å². The van der Waals surface area contributed by atoms with Crippen molar-refractivity contribution in [3.05, 3.63) is 40.7 Å². The number of rotatable bonds is 9. The SMILES string of the molecule is CCC[C@H](CNC(=O)c1nc(Cl)c(N)nc1N)NC(N)=NCc1ccc(OC)cc1. The average Bonchev–Trinajstić information content (AvgIpc) is 2.73. The van der Waals surface area contributed by atoms with Gasteiger partial charge in [0.25, 0.3) is 5.91 Å². The van der Waals surface area contributed by atoms with Gasteiger partial charge in [-0.15, -0.1) is 0 Å². The summed E-state index contributed by atoms with van der Waals surface area (Å²) in [4.78, 5) is 24.4. The molecule has 0 aliphatic heterocycles. The maximum Gasteiger partial charge on any atom is 0.273 e. The van der Waals surface area contributed by atoms with Crippen LogP contribution in [0.3, 0.4) is 0 Å². The molecule has 0 saturated heterocycles. The maximum absolute atomic E-state index is 12.4. The fourth-order valence-corrected chi connectivity index (χ4v) is 2.77. The number of nitrogens with two attached hydrogens (primary N) is 3. The van der Waals surface area contributed by atoms with Crippen molar-refractivity contribution in [1.82, 2.24) is 20.6 Å². The van der Waals surface area contributed by atoms with Gasteiger partial charge in [-0.05, 0) is 24.1 Å². The number of ether oxygens (including phenoxy) is 1. The number of aromatic nitrogens is 2. The van der Waals surface area contributed by atoms with Crippen LogP contribution in [0.15, 0.2) is 29.3 Å². The number of carbonyl (C=O) groups is 1. The normalized spacial score (nSPS) is 12.3. The summed E-state index contributed by atoms with van der Waals surface area (Å²) in [7, 11) is 1.62. The van der Waals surface area contributed by atoms with Gasteiger partial charge >= 0.3 is 0 Å². The van der Waals surface area contributed by atoms with Gasteiger partial charge in [-0.1, -0.05) is 37.1 Å². The van der Waals surface area contributed by atoms with E-state index in [0.717, 1.165) is 24.2 Å². The molecule has 1 aromatic carbocycles. The van der Waals surface area contributed by atoms with Gasteiger partial charge in [0, 0.05) is 12.6 Å². The fraction of sp³-hybridized carbons (Fsp3) is 0.368. The molecular formula is C19H27ClN8O2. The summed E-state index contributed by atoms with van der Waals surface area (Å²) in [6.45, 7) is 2.74. The number of halogens is 1. The Labute approximate surface area is 180 Å². The van der Waals surface area contributed by atoms with E-state index in [1.807, 2.05) is 31.2 Å². The number of benzene rings is 1. The van der Waals surface area contributed by atoms with E-state index in [4.69, 9.17) is 33.5 Å². The lowest BCUT2D eigenvalue weighted by Gasteiger charge is -2.19. The van der Waals surface area contributed by atoms with Gasteiger partial charge in [0.1, 0.15) is 5.75 Å². The van der Waals surface area contributed by atoms with Gasteiger partial charge in [-0.25, -0.2) is 15.0 Å². The smallest absolute Gasteiger partial charge is 0.273 e. The number of carbonyl (C=O) groups excluding carboxylic acids is 1. The number of hydrogen-bond acceptors (Lipinski definition) is 7. The molecule has 1 amide bonds. The van der Waals surface area contributed by atoms with Crippen molar-refractivity contribution < 1.29 is 9.53 Å². The van der Waals surface area contributed by atoms with Crippen molar-refractivity contribution in [3.63, 3.8) is 0 Å². The van der Waals surface area contributed by atoms with Gasteiger partial charge in [0.15, 0.2) is 28.4 Å². The van der Waals surface area contributed by atoms with E-state index in [1.165, 1.54) is 0 Å². The number of amides is 1. The molecule has 2 rings (SSSR count). The molecule has 0 unspecified atom stereocenters. The molecular weight excluding hydrogens is 408 g/mol. The minimum atomic E-state index is -0.501. The number of anilines is 2. The molecule has 11 heteroatoms. The van der Waals surface area contributed by atoms with Crippen molar-refractivity contribution in [1.29, 1.82) is 0 Å². The largest absolute Gasteiger partial charge is 0.497 e. The first-order valence-electron chi connectivity index (χ1n) is 9.40. The topological polar surface area (TPSA) is 167 Å². The van der Waals surface area contributed by atoms with Crippen molar-refractivity contribution in [3.8, 4) is 5.75 Å². The Kier molecular flexibility index (Phi) is 8.48. The highest BCUT2D eigenvalue weighted by Gasteiger charge is 2.17. The molecule has 1 atom stereocenters. The van der Waals surface area contributed by atoms with Crippen LogP contribution in [-0.4, -0.2) is 41.5 Å². The molecule has 10 nitrogen and oxygen atoms in total. The molecule has 0 bridgehead atoms. The minimum absolute atomic E-state index is 0.0305. The van der Waals surface area contributed by atoms with Crippen LogP contribution < -0.4 is 32.6 Å². The summed E-state index contributed by atoms with van der Waals surface area (Å²) in [6, 6.07) is 7.44. The summed E-state index contributed by atoms with van der Waals surface area (Å²) in [6.07, 6.45) is 1.65. The summed E-state index contributed by atoms with van der Waals surface area (Å²) in [5.41, 5.74) is 18.2. The molecule has 8 N–H and O–H groups in total. The Morgan fingerprint density at radius 2 is 1.93 bits per heavy atom. The second-order valence-electron chi connectivity index (χ2n) is 6.52. The first-order valence-corrected chi connectivity index (χ1v) is 9.77. The van der Waals surface area contributed by atoms with Gasteiger partial charge in [0.2, 0.25) is 0 Å². The second kappa shape index (κ2) is 11.1. The highest BCUT2D eigenvalue weighted by atomic mass is 35.5. The standard InChI is InChI=1S/C19H27ClN8O2/c1-3-4-12(10-24-18(29)14-16(21)28-17(22)15(20)27-14)26-19(23)25-9-11-5-7-13(30-2)8-6-11/h5-8,12H,3-4,9-10H2,1-2H3,(H,24,29)(H4,21,22,28)(H3,23,25,26)/t12-/m1/s1. The molecule has 2 aromatic rings. The average molecular weight is 435 g/mol. The van der Waals surface area contributed by atoms with Gasteiger partial charge < -0.3 is 32.6 Å². The van der Waals surface area contributed by atoms with Crippen molar-refractivity contribution in [2.75, 3.05) is 25.1 Å². The van der Waals surface area contributed by atoms with Crippen LogP contribution in [0.25, 0.3) is 0 Å². The molecule has 0 aliphatic rings. The van der Waals surface area contributed by atoms with Crippen LogP contribution in [0, 0.1) is 0 Å². The number of methoxy groups -OCH3 is 1. The number of guanidine groups is 1. The number of hydrogen-bond donors (Lipinski definition) is 5. The lowest BCUT2D eigenvalue weighted by Crippen LogP contribution is -2.46. The minimum Gasteiger partial charge on any atom is -0.497 e. The predicted molar refractivity (Wildman–Crippen MR) is 118 cm³/mol. The monoisotopic (exact) mass is 434 g/mol. The molecule has 0 spiro atoms. The summed E-state index contributed by atoms with van der Waals surface area (Å²) in [5, 5.41) is 5.81. The molecule has 162 valence electrons. The van der Waals surface area contributed by atoms with Crippen molar-refractivity contribution >= 4 is 35.1 Å². The lowest BCUT2D eigenvalue weighted by atomic mass is 10.1. The number of aliphatic imine (C=N–C) groups is 1. The zero-order valence-electron chi connectivity index (χ0n) is 17.0. The van der Waals surface area contributed by atoms with Crippen LogP contribution >= 0.6 is 11.6 Å².